The van der Waals surface area contributed by atoms with Gasteiger partial charge >= 0.3 is 0 Å². The first-order valence-electron chi connectivity index (χ1n) is 9.89. The quantitative estimate of drug-likeness (QED) is 0.555. The van der Waals surface area contributed by atoms with Crippen molar-refractivity contribution >= 4 is 11.7 Å². The fourth-order valence-corrected chi connectivity index (χ4v) is 3.20. The van der Waals surface area contributed by atoms with Crippen LogP contribution >= 0.6 is 0 Å². The van der Waals surface area contributed by atoms with Crippen molar-refractivity contribution < 1.29 is 23.0 Å². The third-order valence-electron chi connectivity index (χ3n) is 4.64. The van der Waals surface area contributed by atoms with Crippen molar-refractivity contribution in [1.82, 2.24) is 9.78 Å². The molecule has 0 radical (unpaired) electrons. The molecular weight excluding hydrogens is 404 g/mol. The van der Waals surface area contributed by atoms with Crippen molar-refractivity contribution in [2.45, 2.75) is 25.9 Å². The van der Waals surface area contributed by atoms with Gasteiger partial charge < -0.3 is 14.8 Å². The van der Waals surface area contributed by atoms with Crippen LogP contribution in [0.3, 0.4) is 0 Å². The molecule has 1 atom stereocenters. The average Bonchev–Trinajstić information content (AvgIpc) is 3.13. The monoisotopic (exact) mass is 429 g/mol. The maximum absolute atomic E-state index is 14.0. The van der Waals surface area contributed by atoms with Crippen molar-refractivity contribution in [2.24, 2.45) is 7.05 Å². The first-order chi connectivity index (χ1) is 14.9. The summed E-state index contributed by atoms with van der Waals surface area (Å²) in [4.78, 5) is 12.8. The number of aryl methyl sites for hydroxylation is 3. The van der Waals surface area contributed by atoms with E-state index in [0.29, 0.717) is 30.2 Å². The van der Waals surface area contributed by atoms with E-state index in [-0.39, 0.29) is 24.0 Å². The van der Waals surface area contributed by atoms with Crippen LogP contribution < -0.4 is 10.1 Å². The number of nitrogens with zero attached hydrogens (tertiary/aromatic N) is 2. The third kappa shape index (κ3) is 6.11. The van der Waals surface area contributed by atoms with E-state index in [1.165, 1.54) is 6.07 Å². The Morgan fingerprint density at radius 2 is 2.00 bits per heavy atom. The number of carbonyl (C=O) groups excluding carboxylic acids is 1. The van der Waals surface area contributed by atoms with E-state index in [1.54, 1.807) is 55.4 Å². The van der Waals surface area contributed by atoms with Gasteiger partial charge in [0, 0.05) is 32.0 Å². The van der Waals surface area contributed by atoms with E-state index in [0.717, 1.165) is 11.6 Å². The summed E-state index contributed by atoms with van der Waals surface area (Å²) in [6, 6.07) is 10.9. The molecule has 0 aliphatic heterocycles. The number of benzene rings is 2. The van der Waals surface area contributed by atoms with E-state index >= 15 is 0 Å². The number of nitrogens with one attached hydrogen (secondary N) is 1. The van der Waals surface area contributed by atoms with Crippen LogP contribution in [0, 0.1) is 11.6 Å². The number of amides is 1. The number of rotatable bonds is 9. The van der Waals surface area contributed by atoms with Crippen LogP contribution in [-0.2, 0) is 24.6 Å². The lowest BCUT2D eigenvalue weighted by Gasteiger charge is -2.16. The molecule has 2 aromatic carbocycles. The third-order valence-corrected chi connectivity index (χ3v) is 4.64. The zero-order chi connectivity index (χ0) is 22.4. The van der Waals surface area contributed by atoms with E-state index in [4.69, 9.17) is 9.47 Å². The van der Waals surface area contributed by atoms with Gasteiger partial charge in [0.15, 0.2) is 17.5 Å². The lowest BCUT2D eigenvalue weighted by Crippen LogP contribution is -2.19. The van der Waals surface area contributed by atoms with Gasteiger partial charge in [-0.15, -0.1) is 0 Å². The van der Waals surface area contributed by atoms with Gasteiger partial charge in [0.25, 0.3) is 5.91 Å². The van der Waals surface area contributed by atoms with E-state index in [2.05, 4.69) is 10.4 Å². The molecule has 3 aromatic rings. The average molecular weight is 429 g/mol. The van der Waals surface area contributed by atoms with Crippen molar-refractivity contribution in [2.75, 3.05) is 19.0 Å². The summed E-state index contributed by atoms with van der Waals surface area (Å²) in [7, 11) is 3.33. The summed E-state index contributed by atoms with van der Waals surface area (Å²) in [5, 5.41) is 6.89. The molecule has 0 unspecified atom stereocenters. The second-order valence-corrected chi connectivity index (χ2v) is 7.29. The molecule has 3 rings (SSSR count). The summed E-state index contributed by atoms with van der Waals surface area (Å²) in [5.41, 5.74) is 1.41. The van der Waals surface area contributed by atoms with Crippen molar-refractivity contribution in [3.05, 3.63) is 77.0 Å². The fraction of sp³-hybridized carbons (Fsp3) is 0.304. The molecular formula is C23H25F2N3O3. The molecule has 1 amide bonds. The first-order valence-corrected chi connectivity index (χ1v) is 9.89. The highest BCUT2D eigenvalue weighted by atomic mass is 19.2. The molecule has 8 heteroatoms. The maximum atomic E-state index is 14.0. The standard InChI is InChI=1S/C23H25F2N3O3/c1-15(14-30-3)31-19-12-16(7-8-17-5-4-6-20(24)22(17)25)11-18(13-19)23(29)26-21-9-10-28(2)27-21/h4-6,9-13,15H,7-8,14H2,1-3H3,(H,26,27,29)/t15-/m0/s1. The van der Waals surface area contributed by atoms with Crippen LogP contribution in [-0.4, -0.2) is 35.5 Å². The Morgan fingerprint density at radius 3 is 2.71 bits per heavy atom. The largest absolute Gasteiger partial charge is 0.488 e. The molecule has 0 aliphatic carbocycles. The van der Waals surface area contributed by atoms with Gasteiger partial charge in [0.2, 0.25) is 0 Å². The van der Waals surface area contributed by atoms with Crippen molar-refractivity contribution in [3.8, 4) is 5.75 Å². The summed E-state index contributed by atoms with van der Waals surface area (Å²) in [6.45, 7) is 2.24. The van der Waals surface area contributed by atoms with E-state index in [1.807, 2.05) is 6.92 Å². The highest BCUT2D eigenvalue weighted by Crippen LogP contribution is 2.22. The smallest absolute Gasteiger partial charge is 0.257 e. The minimum Gasteiger partial charge on any atom is -0.488 e. The predicted octanol–water partition coefficient (Wildman–Crippen LogP) is 4.15. The molecule has 31 heavy (non-hydrogen) atoms. The number of ether oxygens (including phenoxy) is 2. The predicted molar refractivity (Wildman–Crippen MR) is 113 cm³/mol. The summed E-state index contributed by atoms with van der Waals surface area (Å²) in [5.74, 6) is -1.15. The van der Waals surface area contributed by atoms with Gasteiger partial charge in [0.1, 0.15) is 11.9 Å². The van der Waals surface area contributed by atoms with E-state index in [9.17, 15) is 13.6 Å². The highest BCUT2D eigenvalue weighted by Gasteiger charge is 2.14. The van der Waals surface area contributed by atoms with E-state index < -0.39 is 11.6 Å². The van der Waals surface area contributed by atoms with Gasteiger partial charge in [-0.2, -0.15) is 5.10 Å². The zero-order valence-corrected chi connectivity index (χ0v) is 17.7. The van der Waals surface area contributed by atoms with Crippen LogP contribution in [0.1, 0.15) is 28.4 Å². The molecule has 1 N–H and O–H groups in total. The number of hydrogen-bond acceptors (Lipinski definition) is 4. The van der Waals surface area contributed by atoms with Gasteiger partial charge in [-0.3, -0.25) is 9.48 Å². The molecule has 0 saturated carbocycles. The van der Waals surface area contributed by atoms with Crippen LogP contribution in [0.4, 0.5) is 14.6 Å². The summed E-state index contributed by atoms with van der Waals surface area (Å²) in [6.07, 6.45) is 2.18. The normalized spacial score (nSPS) is 11.9. The summed E-state index contributed by atoms with van der Waals surface area (Å²) >= 11 is 0. The molecule has 0 bridgehead atoms. The van der Waals surface area contributed by atoms with Gasteiger partial charge in [-0.1, -0.05) is 12.1 Å². The number of halogens is 2. The lowest BCUT2D eigenvalue weighted by molar-refractivity contribution is 0.0916. The minimum atomic E-state index is -0.876. The zero-order valence-electron chi connectivity index (χ0n) is 17.7. The minimum absolute atomic E-state index is 0.229. The first kappa shape index (κ1) is 22.4. The Bertz CT molecular complexity index is 1050. The van der Waals surface area contributed by atoms with Crippen molar-refractivity contribution in [1.29, 1.82) is 0 Å². The Balaban J connectivity index is 1.83. The number of anilines is 1. The molecule has 6 nitrogen and oxygen atoms in total. The van der Waals surface area contributed by atoms with Gasteiger partial charge in [0.05, 0.1) is 6.61 Å². The van der Waals surface area contributed by atoms with Crippen LogP contribution in [0.5, 0.6) is 5.75 Å². The number of aromatic nitrogens is 2. The number of hydrogen-bond donors (Lipinski definition) is 1. The topological polar surface area (TPSA) is 65.4 Å². The fourth-order valence-electron chi connectivity index (χ4n) is 3.20. The Kier molecular flexibility index (Phi) is 7.36. The summed E-state index contributed by atoms with van der Waals surface area (Å²) < 4.78 is 40.1. The van der Waals surface area contributed by atoms with Crippen LogP contribution in [0.25, 0.3) is 0 Å². The molecule has 0 saturated heterocycles. The molecule has 0 fully saturated rings. The Morgan fingerprint density at radius 1 is 1.19 bits per heavy atom. The maximum Gasteiger partial charge on any atom is 0.257 e. The molecule has 1 aromatic heterocycles. The second kappa shape index (κ2) is 10.2. The van der Waals surface area contributed by atoms with Crippen molar-refractivity contribution in [3.63, 3.8) is 0 Å². The van der Waals surface area contributed by atoms with Gasteiger partial charge in [-0.05, 0) is 55.2 Å². The Hall–Kier alpha value is -3.26. The molecule has 1 heterocycles. The number of methoxy groups -OCH3 is 1. The molecule has 164 valence electrons. The molecule has 0 aliphatic rings. The van der Waals surface area contributed by atoms with Gasteiger partial charge in [-0.25, -0.2) is 8.78 Å². The highest BCUT2D eigenvalue weighted by molar-refractivity contribution is 6.04. The second-order valence-electron chi connectivity index (χ2n) is 7.29. The Labute approximate surface area is 179 Å². The lowest BCUT2D eigenvalue weighted by atomic mass is 10.0. The number of carbonyl (C=O) groups is 1. The SMILES string of the molecule is COC[C@H](C)Oc1cc(CCc2cccc(F)c2F)cc(C(=O)Nc2ccn(C)n2)c1. The molecule has 0 spiro atoms. The van der Waals surface area contributed by atoms with Crippen LogP contribution in [0.2, 0.25) is 0 Å². The van der Waals surface area contributed by atoms with Crippen LogP contribution in [0.15, 0.2) is 48.7 Å².